The number of rotatable bonds is 6. The van der Waals surface area contributed by atoms with Crippen LogP contribution in [0.25, 0.3) is 0 Å². The van der Waals surface area contributed by atoms with Gasteiger partial charge in [0.05, 0.1) is 31.7 Å². The van der Waals surface area contributed by atoms with E-state index in [-0.39, 0.29) is 11.9 Å². The fraction of sp³-hybridized carbons (Fsp3) is 0.312. The molecule has 124 valence electrons. The van der Waals surface area contributed by atoms with Crippen LogP contribution < -0.4 is 19.5 Å². The van der Waals surface area contributed by atoms with E-state index in [2.05, 4.69) is 5.32 Å². The van der Waals surface area contributed by atoms with Crippen molar-refractivity contribution in [2.75, 3.05) is 21.3 Å². The summed E-state index contributed by atoms with van der Waals surface area (Å²) in [6.45, 7) is 1.90. The summed E-state index contributed by atoms with van der Waals surface area (Å²) in [4.78, 5) is 13.5. The molecule has 2 rings (SSSR count). The molecular formula is C16H18ClNO4S. The van der Waals surface area contributed by atoms with Crippen molar-refractivity contribution in [1.29, 1.82) is 0 Å². The number of halogens is 1. The molecule has 0 radical (unpaired) electrons. The van der Waals surface area contributed by atoms with Crippen molar-refractivity contribution < 1.29 is 19.0 Å². The second-order valence-electron chi connectivity index (χ2n) is 4.75. The van der Waals surface area contributed by atoms with Gasteiger partial charge in [-0.3, -0.25) is 4.79 Å². The minimum atomic E-state index is -0.235. The number of methoxy groups -OCH3 is 3. The second kappa shape index (κ2) is 7.57. The lowest BCUT2D eigenvalue weighted by Gasteiger charge is -2.16. The second-order valence-corrected chi connectivity index (χ2v) is 6.50. The first-order chi connectivity index (χ1) is 11.0. The van der Waals surface area contributed by atoms with Gasteiger partial charge in [0.15, 0.2) is 11.5 Å². The van der Waals surface area contributed by atoms with Gasteiger partial charge < -0.3 is 19.5 Å². The van der Waals surface area contributed by atoms with Crippen molar-refractivity contribution in [1.82, 2.24) is 5.32 Å². The Morgan fingerprint density at radius 1 is 1.13 bits per heavy atom. The van der Waals surface area contributed by atoms with Gasteiger partial charge in [-0.15, -0.1) is 11.3 Å². The molecule has 0 aliphatic heterocycles. The summed E-state index contributed by atoms with van der Waals surface area (Å²) in [5, 5.41) is 2.93. The minimum absolute atomic E-state index is 0.154. The van der Waals surface area contributed by atoms with Crippen LogP contribution in [-0.2, 0) is 0 Å². The number of carbonyl (C=O) groups is 1. The molecule has 0 spiro atoms. The summed E-state index contributed by atoms with van der Waals surface area (Å²) in [6.07, 6.45) is 0. The first kappa shape index (κ1) is 17.4. The Hall–Kier alpha value is -1.92. The standard InChI is InChI=1S/C16H18ClNO4S/c1-9(13-5-6-14(17)23-13)18-16(19)10-7-11(20-2)15(22-4)12(8-10)21-3/h5-9H,1-4H3,(H,18,19). The quantitative estimate of drug-likeness (QED) is 0.853. The molecular weight excluding hydrogens is 338 g/mol. The monoisotopic (exact) mass is 355 g/mol. The van der Waals surface area contributed by atoms with Gasteiger partial charge in [-0.05, 0) is 31.2 Å². The molecule has 0 bridgehead atoms. The lowest BCUT2D eigenvalue weighted by molar-refractivity contribution is 0.0939. The first-order valence-corrected chi connectivity index (χ1v) is 8.05. The van der Waals surface area contributed by atoms with Crippen LogP contribution in [0, 0.1) is 0 Å². The summed E-state index contributed by atoms with van der Waals surface area (Å²) in [5.41, 5.74) is 0.425. The van der Waals surface area contributed by atoms with Crippen LogP contribution in [0.2, 0.25) is 4.34 Å². The zero-order valence-corrected chi connectivity index (χ0v) is 14.9. The summed E-state index contributed by atoms with van der Waals surface area (Å²) in [7, 11) is 4.53. The van der Waals surface area contributed by atoms with Crippen molar-refractivity contribution in [3.8, 4) is 17.2 Å². The van der Waals surface area contributed by atoms with Crippen LogP contribution in [0.3, 0.4) is 0 Å². The highest BCUT2D eigenvalue weighted by Gasteiger charge is 2.19. The molecule has 0 aliphatic carbocycles. The molecule has 2 aromatic rings. The molecule has 0 aliphatic rings. The Bertz CT molecular complexity index is 676. The number of hydrogen-bond acceptors (Lipinski definition) is 5. The number of amides is 1. The Kier molecular flexibility index (Phi) is 5.74. The number of benzene rings is 1. The van der Waals surface area contributed by atoms with Gasteiger partial charge in [0.25, 0.3) is 5.91 Å². The largest absolute Gasteiger partial charge is 0.493 e. The van der Waals surface area contributed by atoms with E-state index in [0.717, 1.165) is 4.88 Å². The van der Waals surface area contributed by atoms with Gasteiger partial charge >= 0.3 is 0 Å². The molecule has 1 amide bonds. The van der Waals surface area contributed by atoms with Crippen molar-refractivity contribution in [3.63, 3.8) is 0 Å². The predicted octanol–water partition coefficient (Wildman–Crippen LogP) is 3.92. The number of carbonyl (C=O) groups excluding carboxylic acids is 1. The minimum Gasteiger partial charge on any atom is -0.493 e. The SMILES string of the molecule is COc1cc(C(=O)NC(C)c2ccc(Cl)s2)cc(OC)c1OC. The number of thiophene rings is 1. The number of nitrogens with one attached hydrogen (secondary N) is 1. The summed E-state index contributed by atoms with van der Waals surface area (Å²) < 4.78 is 16.5. The maximum Gasteiger partial charge on any atom is 0.252 e. The molecule has 1 atom stereocenters. The summed E-state index contributed by atoms with van der Waals surface area (Å²) in [5.74, 6) is 1.08. The molecule has 1 heterocycles. The normalized spacial score (nSPS) is 11.7. The molecule has 23 heavy (non-hydrogen) atoms. The van der Waals surface area contributed by atoms with E-state index in [9.17, 15) is 4.79 Å². The van der Waals surface area contributed by atoms with Crippen LogP contribution >= 0.6 is 22.9 Å². The van der Waals surface area contributed by atoms with E-state index in [0.29, 0.717) is 27.1 Å². The van der Waals surface area contributed by atoms with E-state index in [4.69, 9.17) is 25.8 Å². The van der Waals surface area contributed by atoms with Crippen LogP contribution in [0.15, 0.2) is 24.3 Å². The third-order valence-corrected chi connectivity index (χ3v) is 4.71. The first-order valence-electron chi connectivity index (χ1n) is 6.86. The Morgan fingerprint density at radius 2 is 1.74 bits per heavy atom. The molecule has 1 unspecified atom stereocenters. The van der Waals surface area contributed by atoms with Crippen LogP contribution in [0.1, 0.15) is 28.2 Å². The Morgan fingerprint density at radius 3 is 2.17 bits per heavy atom. The van der Waals surface area contributed by atoms with Crippen molar-refractivity contribution >= 4 is 28.8 Å². The van der Waals surface area contributed by atoms with Gasteiger partial charge in [0, 0.05) is 10.4 Å². The van der Waals surface area contributed by atoms with Gasteiger partial charge in [0.1, 0.15) is 0 Å². The fourth-order valence-corrected chi connectivity index (χ4v) is 3.19. The maximum atomic E-state index is 12.5. The van der Waals surface area contributed by atoms with Crippen molar-refractivity contribution in [2.24, 2.45) is 0 Å². The summed E-state index contributed by atoms with van der Waals surface area (Å²) >= 11 is 7.37. The lowest BCUT2D eigenvalue weighted by Crippen LogP contribution is -2.26. The molecule has 1 aromatic heterocycles. The van der Waals surface area contributed by atoms with E-state index >= 15 is 0 Å². The zero-order chi connectivity index (χ0) is 17.0. The molecule has 0 saturated carbocycles. The Balaban J connectivity index is 2.25. The molecule has 7 heteroatoms. The maximum absolute atomic E-state index is 12.5. The average Bonchev–Trinajstić information content (AvgIpc) is 2.99. The van der Waals surface area contributed by atoms with Gasteiger partial charge in [-0.2, -0.15) is 0 Å². The molecule has 1 N–H and O–H groups in total. The third-order valence-electron chi connectivity index (χ3n) is 3.30. The molecule has 1 aromatic carbocycles. The number of ether oxygens (including phenoxy) is 3. The van der Waals surface area contributed by atoms with Gasteiger partial charge in [-0.25, -0.2) is 0 Å². The van der Waals surface area contributed by atoms with E-state index < -0.39 is 0 Å². The number of hydrogen-bond donors (Lipinski definition) is 1. The van der Waals surface area contributed by atoms with Gasteiger partial charge in [0.2, 0.25) is 5.75 Å². The smallest absolute Gasteiger partial charge is 0.252 e. The molecule has 0 saturated heterocycles. The average molecular weight is 356 g/mol. The summed E-state index contributed by atoms with van der Waals surface area (Å²) in [6, 6.07) is 6.78. The highest BCUT2D eigenvalue weighted by molar-refractivity contribution is 7.16. The van der Waals surface area contributed by atoms with Crippen LogP contribution in [0.5, 0.6) is 17.2 Å². The third kappa shape index (κ3) is 3.89. The van der Waals surface area contributed by atoms with E-state index in [1.807, 2.05) is 19.1 Å². The van der Waals surface area contributed by atoms with Gasteiger partial charge in [-0.1, -0.05) is 11.6 Å². The molecule has 0 fully saturated rings. The van der Waals surface area contributed by atoms with Crippen LogP contribution in [0.4, 0.5) is 0 Å². The zero-order valence-electron chi connectivity index (χ0n) is 13.3. The van der Waals surface area contributed by atoms with Crippen molar-refractivity contribution in [2.45, 2.75) is 13.0 Å². The van der Waals surface area contributed by atoms with E-state index in [1.165, 1.54) is 32.7 Å². The lowest BCUT2D eigenvalue weighted by atomic mass is 10.1. The van der Waals surface area contributed by atoms with Crippen molar-refractivity contribution in [3.05, 3.63) is 39.0 Å². The molecule has 5 nitrogen and oxygen atoms in total. The highest BCUT2D eigenvalue weighted by atomic mass is 35.5. The fourth-order valence-electron chi connectivity index (χ4n) is 2.12. The predicted molar refractivity (Wildman–Crippen MR) is 91.3 cm³/mol. The van der Waals surface area contributed by atoms with Crippen LogP contribution in [-0.4, -0.2) is 27.2 Å². The highest BCUT2D eigenvalue weighted by Crippen LogP contribution is 2.38. The van der Waals surface area contributed by atoms with E-state index in [1.54, 1.807) is 12.1 Å². The topological polar surface area (TPSA) is 56.8 Å². The Labute approximate surface area is 144 Å².